The third-order valence-electron chi connectivity index (χ3n) is 1.46. The predicted molar refractivity (Wildman–Crippen MR) is 46.8 cm³/mol. The summed E-state index contributed by atoms with van der Waals surface area (Å²) in [6.45, 7) is 2.12. The van der Waals surface area contributed by atoms with Crippen molar-refractivity contribution < 1.29 is 9.90 Å². The van der Waals surface area contributed by atoms with Gasteiger partial charge in [0, 0.05) is 12.8 Å². The molecule has 0 aliphatic carbocycles. The SMILES string of the molecule is CCCCC#CCCCC([O])=O. The van der Waals surface area contributed by atoms with Crippen LogP contribution in [0.5, 0.6) is 0 Å². The third-order valence-corrected chi connectivity index (χ3v) is 1.46. The average molecular weight is 167 g/mol. The first-order chi connectivity index (χ1) is 5.77. The van der Waals surface area contributed by atoms with Gasteiger partial charge in [-0.25, -0.2) is 9.90 Å². The Labute approximate surface area is 74.0 Å². The lowest BCUT2D eigenvalue weighted by atomic mass is 10.2. The molecule has 0 aromatic carbocycles. The van der Waals surface area contributed by atoms with Crippen LogP contribution in [0.1, 0.15) is 45.4 Å². The molecule has 0 aliphatic rings. The van der Waals surface area contributed by atoms with Crippen molar-refractivity contribution in [2.75, 3.05) is 0 Å². The predicted octanol–water partition coefficient (Wildman–Crippen LogP) is 2.31. The highest BCUT2D eigenvalue weighted by Gasteiger charge is 1.95. The molecule has 67 valence electrons. The van der Waals surface area contributed by atoms with Gasteiger partial charge in [0.15, 0.2) is 0 Å². The molecular formula is C10H15O2. The summed E-state index contributed by atoms with van der Waals surface area (Å²) in [5.74, 6) is 4.95. The first kappa shape index (κ1) is 11.0. The topological polar surface area (TPSA) is 37.0 Å². The van der Waals surface area contributed by atoms with Crippen LogP contribution < -0.4 is 0 Å². The van der Waals surface area contributed by atoms with Crippen molar-refractivity contribution in [3.8, 4) is 11.8 Å². The summed E-state index contributed by atoms with van der Waals surface area (Å²) in [5.41, 5.74) is 0. The molecule has 2 heteroatoms. The van der Waals surface area contributed by atoms with E-state index >= 15 is 0 Å². The fourth-order valence-corrected chi connectivity index (χ4v) is 0.763. The summed E-state index contributed by atoms with van der Waals surface area (Å²) >= 11 is 0. The van der Waals surface area contributed by atoms with Gasteiger partial charge >= 0.3 is 5.97 Å². The molecule has 0 amide bonds. The lowest BCUT2D eigenvalue weighted by Gasteiger charge is -1.86. The second-order valence-corrected chi connectivity index (χ2v) is 2.68. The quantitative estimate of drug-likeness (QED) is 0.457. The molecule has 0 rings (SSSR count). The van der Waals surface area contributed by atoms with Crippen LogP contribution in [0.3, 0.4) is 0 Å². The van der Waals surface area contributed by atoms with Crippen LogP contribution in [-0.4, -0.2) is 5.97 Å². The summed E-state index contributed by atoms with van der Waals surface area (Å²) in [6.07, 6.45) is 4.64. The summed E-state index contributed by atoms with van der Waals surface area (Å²) in [6, 6.07) is 0. The highest BCUT2D eigenvalue weighted by Crippen LogP contribution is 1.95. The van der Waals surface area contributed by atoms with Gasteiger partial charge in [-0.05, 0) is 12.8 Å². The van der Waals surface area contributed by atoms with E-state index < -0.39 is 5.97 Å². The van der Waals surface area contributed by atoms with E-state index in [4.69, 9.17) is 0 Å². The molecule has 0 atom stereocenters. The molecule has 0 saturated heterocycles. The Kier molecular flexibility index (Phi) is 7.47. The first-order valence-corrected chi connectivity index (χ1v) is 4.43. The van der Waals surface area contributed by atoms with Crippen molar-refractivity contribution in [2.24, 2.45) is 0 Å². The van der Waals surface area contributed by atoms with Crippen molar-refractivity contribution >= 4 is 5.97 Å². The van der Waals surface area contributed by atoms with E-state index in [9.17, 15) is 9.90 Å². The number of rotatable bonds is 5. The van der Waals surface area contributed by atoms with Gasteiger partial charge in [0.25, 0.3) is 0 Å². The minimum absolute atomic E-state index is 0.127. The van der Waals surface area contributed by atoms with Crippen LogP contribution in [0.25, 0.3) is 0 Å². The van der Waals surface area contributed by atoms with Crippen molar-refractivity contribution in [3.63, 3.8) is 0 Å². The molecule has 0 unspecified atom stereocenters. The van der Waals surface area contributed by atoms with E-state index in [1.165, 1.54) is 0 Å². The minimum atomic E-state index is -0.981. The van der Waals surface area contributed by atoms with Gasteiger partial charge < -0.3 is 0 Å². The third kappa shape index (κ3) is 9.03. The number of hydrogen-bond acceptors (Lipinski definition) is 1. The molecule has 2 nitrogen and oxygen atoms in total. The molecule has 0 bridgehead atoms. The monoisotopic (exact) mass is 167 g/mol. The zero-order valence-corrected chi connectivity index (χ0v) is 7.56. The normalized spacial score (nSPS) is 8.75. The second kappa shape index (κ2) is 8.13. The highest BCUT2D eigenvalue weighted by molar-refractivity contribution is 5.66. The Hall–Kier alpha value is -0.970. The van der Waals surface area contributed by atoms with E-state index in [0.717, 1.165) is 19.3 Å². The molecule has 12 heavy (non-hydrogen) atoms. The van der Waals surface area contributed by atoms with Crippen molar-refractivity contribution in [1.29, 1.82) is 0 Å². The molecule has 0 aromatic heterocycles. The number of hydrogen-bond donors (Lipinski definition) is 0. The Balaban J connectivity index is 3.16. The molecule has 0 N–H and O–H groups in total. The van der Waals surface area contributed by atoms with E-state index in [0.29, 0.717) is 12.8 Å². The van der Waals surface area contributed by atoms with Crippen molar-refractivity contribution in [2.45, 2.75) is 45.4 Å². The molecule has 0 saturated carbocycles. The second-order valence-electron chi connectivity index (χ2n) is 2.68. The smallest absolute Gasteiger partial charge is 0.247 e. The first-order valence-electron chi connectivity index (χ1n) is 4.43. The number of carbonyl (C=O) groups excluding carboxylic acids is 1. The van der Waals surface area contributed by atoms with Crippen LogP contribution in [0.2, 0.25) is 0 Å². The molecule has 0 fully saturated rings. The lowest BCUT2D eigenvalue weighted by Crippen LogP contribution is -1.90. The van der Waals surface area contributed by atoms with Crippen LogP contribution in [0.15, 0.2) is 0 Å². The largest absolute Gasteiger partial charge is 0.355 e. The van der Waals surface area contributed by atoms with Gasteiger partial charge in [0.2, 0.25) is 0 Å². The zero-order chi connectivity index (χ0) is 9.23. The summed E-state index contributed by atoms with van der Waals surface area (Å²) in [4.78, 5) is 9.98. The molecule has 1 radical (unpaired) electrons. The Bertz CT molecular complexity index is 174. The van der Waals surface area contributed by atoms with Crippen LogP contribution >= 0.6 is 0 Å². The van der Waals surface area contributed by atoms with E-state index in [1.54, 1.807) is 0 Å². The minimum Gasteiger partial charge on any atom is -0.247 e. The molecule has 0 spiro atoms. The highest BCUT2D eigenvalue weighted by atomic mass is 16.4. The van der Waals surface area contributed by atoms with Gasteiger partial charge in [0.1, 0.15) is 0 Å². The number of carbonyl (C=O) groups is 1. The number of unbranched alkanes of at least 4 members (excludes halogenated alkanes) is 3. The zero-order valence-electron chi connectivity index (χ0n) is 7.56. The standard InChI is InChI=1S/C10H15O2/c1-2-3-4-5-6-7-8-9-10(11)12/h2-4,7-9H2,1H3. The van der Waals surface area contributed by atoms with Gasteiger partial charge in [-0.2, -0.15) is 0 Å². The fourth-order valence-electron chi connectivity index (χ4n) is 0.763. The maximum Gasteiger partial charge on any atom is 0.355 e. The molecular weight excluding hydrogens is 152 g/mol. The maximum absolute atomic E-state index is 9.98. The van der Waals surface area contributed by atoms with E-state index in [-0.39, 0.29) is 6.42 Å². The van der Waals surface area contributed by atoms with Gasteiger partial charge in [-0.15, -0.1) is 11.8 Å². The molecule has 0 aliphatic heterocycles. The summed E-state index contributed by atoms with van der Waals surface area (Å²) < 4.78 is 0. The van der Waals surface area contributed by atoms with E-state index in [2.05, 4.69) is 18.8 Å². The Morgan fingerprint density at radius 3 is 2.25 bits per heavy atom. The van der Waals surface area contributed by atoms with Gasteiger partial charge in [0.05, 0.1) is 6.42 Å². The summed E-state index contributed by atoms with van der Waals surface area (Å²) in [5, 5.41) is 9.98. The maximum atomic E-state index is 9.98. The molecule has 0 heterocycles. The van der Waals surface area contributed by atoms with Crippen LogP contribution in [0, 0.1) is 11.8 Å². The van der Waals surface area contributed by atoms with Crippen LogP contribution in [-0.2, 0) is 9.90 Å². The molecule has 0 aromatic rings. The summed E-state index contributed by atoms with van der Waals surface area (Å²) in [7, 11) is 0. The van der Waals surface area contributed by atoms with Crippen molar-refractivity contribution in [3.05, 3.63) is 0 Å². The van der Waals surface area contributed by atoms with Gasteiger partial charge in [-0.3, -0.25) is 0 Å². The van der Waals surface area contributed by atoms with E-state index in [1.807, 2.05) is 0 Å². The Morgan fingerprint density at radius 1 is 1.17 bits per heavy atom. The van der Waals surface area contributed by atoms with Crippen LogP contribution in [0.4, 0.5) is 0 Å². The van der Waals surface area contributed by atoms with Crippen molar-refractivity contribution in [1.82, 2.24) is 0 Å². The Morgan fingerprint density at radius 2 is 1.75 bits per heavy atom. The lowest BCUT2D eigenvalue weighted by molar-refractivity contribution is -0.143. The fraction of sp³-hybridized carbons (Fsp3) is 0.700. The average Bonchev–Trinajstić information content (AvgIpc) is 2.02. The van der Waals surface area contributed by atoms with Gasteiger partial charge in [-0.1, -0.05) is 13.3 Å².